The molecule has 0 heterocycles. The second kappa shape index (κ2) is 9.16. The maximum absolute atomic E-state index is 10.4. The highest BCUT2D eigenvalue weighted by molar-refractivity contribution is 9.10. The van der Waals surface area contributed by atoms with Gasteiger partial charge in [0.05, 0.1) is 18.8 Å². The van der Waals surface area contributed by atoms with Crippen LogP contribution in [-0.4, -0.2) is 17.8 Å². The summed E-state index contributed by atoms with van der Waals surface area (Å²) in [5.41, 5.74) is 8.11. The van der Waals surface area contributed by atoms with E-state index in [1.54, 1.807) is 0 Å². The van der Waals surface area contributed by atoms with Crippen molar-refractivity contribution in [2.45, 2.75) is 25.5 Å². The maximum Gasteiger partial charge on any atom is 0.124 e. The Bertz CT molecular complexity index is 580. The van der Waals surface area contributed by atoms with Crippen LogP contribution in [0.5, 0.6) is 5.75 Å². The van der Waals surface area contributed by atoms with Crippen LogP contribution < -0.4 is 10.5 Å². The molecule has 0 saturated heterocycles. The first-order chi connectivity index (χ1) is 10.1. The lowest BCUT2D eigenvalue weighted by atomic mass is 9.96. The van der Waals surface area contributed by atoms with Gasteiger partial charge < -0.3 is 15.6 Å². The van der Waals surface area contributed by atoms with Crippen LogP contribution >= 0.6 is 28.3 Å². The standard InChI is InChI=1S/C17H20BrNO2.ClH/c1-2-21-16-9-8-13(18)11-14(16)17(19)15(20)10-12-6-4-3-5-7-12;/h3-9,11,15,17,20H,2,10,19H2,1H3;1H/t15-,17+;/m1./s1. The quantitative estimate of drug-likeness (QED) is 0.792. The summed E-state index contributed by atoms with van der Waals surface area (Å²) in [4.78, 5) is 0. The van der Waals surface area contributed by atoms with Crippen LogP contribution in [0.1, 0.15) is 24.1 Å². The molecule has 0 aliphatic rings. The number of halogens is 2. The second-order valence-corrected chi connectivity index (χ2v) is 5.81. The van der Waals surface area contributed by atoms with E-state index in [2.05, 4.69) is 15.9 Å². The minimum atomic E-state index is -0.666. The predicted octanol–water partition coefficient (Wildman–Crippen LogP) is 3.87. The molecule has 0 fully saturated rings. The summed E-state index contributed by atoms with van der Waals surface area (Å²) in [6.07, 6.45) is -0.152. The molecule has 2 rings (SSSR count). The van der Waals surface area contributed by atoms with E-state index in [0.29, 0.717) is 13.0 Å². The van der Waals surface area contributed by atoms with Gasteiger partial charge in [-0.1, -0.05) is 46.3 Å². The van der Waals surface area contributed by atoms with Gasteiger partial charge in [-0.05, 0) is 30.7 Å². The molecular formula is C17H21BrClNO2. The summed E-state index contributed by atoms with van der Waals surface area (Å²) in [5, 5.41) is 10.4. The number of aliphatic hydroxyl groups is 1. The number of rotatable bonds is 6. The molecule has 0 aromatic heterocycles. The summed E-state index contributed by atoms with van der Waals surface area (Å²) >= 11 is 3.44. The third-order valence-corrected chi connectivity index (χ3v) is 3.83. The van der Waals surface area contributed by atoms with Crippen molar-refractivity contribution < 1.29 is 9.84 Å². The van der Waals surface area contributed by atoms with Crippen molar-refractivity contribution in [1.82, 2.24) is 0 Å². The average Bonchev–Trinajstić information content (AvgIpc) is 2.49. The lowest BCUT2D eigenvalue weighted by molar-refractivity contribution is 0.143. The molecule has 3 N–H and O–H groups in total. The predicted molar refractivity (Wildman–Crippen MR) is 95.6 cm³/mol. The van der Waals surface area contributed by atoms with E-state index in [4.69, 9.17) is 10.5 Å². The summed E-state index contributed by atoms with van der Waals surface area (Å²) in [6, 6.07) is 15.0. The van der Waals surface area contributed by atoms with Crippen molar-refractivity contribution in [3.05, 3.63) is 64.1 Å². The molecule has 120 valence electrons. The molecular weight excluding hydrogens is 366 g/mol. The summed E-state index contributed by atoms with van der Waals surface area (Å²) < 4.78 is 6.52. The molecule has 0 amide bonds. The lowest BCUT2D eigenvalue weighted by Crippen LogP contribution is -2.28. The van der Waals surface area contributed by atoms with E-state index >= 15 is 0 Å². The van der Waals surface area contributed by atoms with E-state index < -0.39 is 12.1 Å². The molecule has 0 saturated carbocycles. The van der Waals surface area contributed by atoms with Crippen LogP contribution in [0.2, 0.25) is 0 Å². The number of ether oxygens (including phenoxy) is 1. The van der Waals surface area contributed by atoms with Crippen LogP contribution in [0, 0.1) is 0 Å². The van der Waals surface area contributed by atoms with Gasteiger partial charge in [0, 0.05) is 16.5 Å². The van der Waals surface area contributed by atoms with Crippen molar-refractivity contribution in [2.24, 2.45) is 5.73 Å². The van der Waals surface area contributed by atoms with Crippen LogP contribution in [0.15, 0.2) is 53.0 Å². The Balaban J connectivity index is 0.00000242. The van der Waals surface area contributed by atoms with E-state index in [1.807, 2.05) is 55.5 Å². The Kier molecular flexibility index (Phi) is 7.90. The second-order valence-electron chi connectivity index (χ2n) is 4.90. The third kappa shape index (κ3) is 4.99. The van der Waals surface area contributed by atoms with Crippen molar-refractivity contribution in [2.75, 3.05) is 6.61 Å². The number of benzene rings is 2. The van der Waals surface area contributed by atoms with Gasteiger partial charge in [-0.3, -0.25) is 0 Å². The first kappa shape index (κ1) is 19.0. The van der Waals surface area contributed by atoms with Gasteiger partial charge >= 0.3 is 0 Å². The van der Waals surface area contributed by atoms with Gasteiger partial charge in [-0.2, -0.15) is 0 Å². The topological polar surface area (TPSA) is 55.5 Å². The summed E-state index contributed by atoms with van der Waals surface area (Å²) in [5.74, 6) is 0.723. The zero-order chi connectivity index (χ0) is 15.2. The minimum absolute atomic E-state index is 0. The molecule has 5 heteroatoms. The number of nitrogens with two attached hydrogens (primary N) is 1. The van der Waals surface area contributed by atoms with Crippen LogP contribution in [0.3, 0.4) is 0 Å². The number of hydrogen-bond donors (Lipinski definition) is 2. The fourth-order valence-corrected chi connectivity index (χ4v) is 2.64. The van der Waals surface area contributed by atoms with Crippen LogP contribution in [0.25, 0.3) is 0 Å². The Morgan fingerprint density at radius 3 is 2.50 bits per heavy atom. The molecule has 2 aromatic carbocycles. The first-order valence-electron chi connectivity index (χ1n) is 7.01. The largest absolute Gasteiger partial charge is 0.494 e. The highest BCUT2D eigenvalue weighted by Gasteiger charge is 2.21. The molecule has 0 radical (unpaired) electrons. The monoisotopic (exact) mass is 385 g/mol. The van der Waals surface area contributed by atoms with E-state index in [1.165, 1.54) is 0 Å². The molecule has 0 spiro atoms. The fourth-order valence-electron chi connectivity index (χ4n) is 2.26. The van der Waals surface area contributed by atoms with Crippen molar-refractivity contribution in [3.63, 3.8) is 0 Å². The van der Waals surface area contributed by atoms with Crippen molar-refractivity contribution in [3.8, 4) is 5.75 Å². The zero-order valence-corrected chi connectivity index (χ0v) is 14.8. The molecule has 3 nitrogen and oxygen atoms in total. The minimum Gasteiger partial charge on any atom is -0.494 e. The van der Waals surface area contributed by atoms with Gasteiger partial charge in [-0.25, -0.2) is 0 Å². The lowest BCUT2D eigenvalue weighted by Gasteiger charge is -2.22. The Morgan fingerprint density at radius 1 is 1.18 bits per heavy atom. The molecule has 0 unspecified atom stereocenters. The summed E-state index contributed by atoms with van der Waals surface area (Å²) in [7, 11) is 0. The number of aliphatic hydroxyl groups excluding tert-OH is 1. The molecule has 0 aliphatic carbocycles. The highest BCUT2D eigenvalue weighted by Crippen LogP contribution is 2.30. The van der Waals surface area contributed by atoms with Gasteiger partial charge in [0.15, 0.2) is 0 Å². The SMILES string of the molecule is CCOc1ccc(Br)cc1[C@H](N)[C@H](O)Cc1ccccc1.Cl. The highest BCUT2D eigenvalue weighted by atomic mass is 79.9. The van der Waals surface area contributed by atoms with Gasteiger partial charge in [0.25, 0.3) is 0 Å². The van der Waals surface area contributed by atoms with Crippen molar-refractivity contribution >= 4 is 28.3 Å². The molecule has 0 bridgehead atoms. The van der Waals surface area contributed by atoms with Crippen molar-refractivity contribution in [1.29, 1.82) is 0 Å². The third-order valence-electron chi connectivity index (χ3n) is 3.33. The summed E-state index contributed by atoms with van der Waals surface area (Å²) in [6.45, 7) is 2.49. The maximum atomic E-state index is 10.4. The zero-order valence-electron chi connectivity index (χ0n) is 12.4. The van der Waals surface area contributed by atoms with Crippen LogP contribution in [0.4, 0.5) is 0 Å². The van der Waals surface area contributed by atoms with E-state index in [0.717, 1.165) is 21.3 Å². The normalized spacial score (nSPS) is 13.1. The number of hydrogen-bond acceptors (Lipinski definition) is 3. The average molecular weight is 387 g/mol. The van der Waals surface area contributed by atoms with Gasteiger partial charge in [-0.15, -0.1) is 12.4 Å². The molecule has 22 heavy (non-hydrogen) atoms. The van der Waals surface area contributed by atoms with E-state index in [9.17, 15) is 5.11 Å². The Labute approximate surface area is 146 Å². The Hall–Kier alpha value is -1.07. The fraction of sp³-hybridized carbons (Fsp3) is 0.294. The molecule has 2 atom stereocenters. The van der Waals surface area contributed by atoms with E-state index in [-0.39, 0.29) is 12.4 Å². The Morgan fingerprint density at radius 2 is 1.86 bits per heavy atom. The molecule has 0 aliphatic heterocycles. The van der Waals surface area contributed by atoms with Gasteiger partial charge in [0.2, 0.25) is 0 Å². The smallest absolute Gasteiger partial charge is 0.124 e. The van der Waals surface area contributed by atoms with Gasteiger partial charge in [0.1, 0.15) is 5.75 Å². The first-order valence-corrected chi connectivity index (χ1v) is 7.81. The molecule has 2 aromatic rings. The van der Waals surface area contributed by atoms with Crippen LogP contribution in [-0.2, 0) is 6.42 Å².